The number of carbonyl (C=O) groups excluding carboxylic acids is 2. The molecule has 0 saturated heterocycles. The van der Waals surface area contributed by atoms with Gasteiger partial charge in [0.2, 0.25) is 11.8 Å². The Labute approximate surface area is 148 Å². The molecule has 0 saturated carbocycles. The van der Waals surface area contributed by atoms with E-state index in [2.05, 4.69) is 10.6 Å². The van der Waals surface area contributed by atoms with Crippen LogP contribution in [0.5, 0.6) is 5.75 Å². The van der Waals surface area contributed by atoms with Gasteiger partial charge in [0.05, 0.1) is 19.2 Å². The van der Waals surface area contributed by atoms with Gasteiger partial charge in [-0.25, -0.2) is 0 Å². The number of hydrogen-bond acceptors (Lipinski definition) is 5. The number of halogens is 1. The van der Waals surface area contributed by atoms with Crippen LogP contribution in [0.4, 0.5) is 5.69 Å². The minimum absolute atomic E-state index is 0. The quantitative estimate of drug-likeness (QED) is 0.574. The van der Waals surface area contributed by atoms with Crippen molar-refractivity contribution in [3.05, 3.63) is 24.3 Å². The smallest absolute Gasteiger partial charge is 0.243 e. The lowest BCUT2D eigenvalue weighted by atomic mass is 10.1. The summed E-state index contributed by atoms with van der Waals surface area (Å²) in [5, 5.41) is 5.21. The molecule has 1 aromatic carbocycles. The van der Waals surface area contributed by atoms with Crippen LogP contribution in [-0.4, -0.2) is 44.7 Å². The van der Waals surface area contributed by atoms with Gasteiger partial charge in [0.1, 0.15) is 12.4 Å². The van der Waals surface area contributed by atoms with Crippen LogP contribution in [-0.2, 0) is 14.3 Å². The number of benzene rings is 1. The monoisotopic (exact) mass is 359 g/mol. The molecule has 0 spiro atoms. The molecule has 0 aliphatic rings. The predicted octanol–water partition coefficient (Wildman–Crippen LogP) is 1.17. The molecule has 0 aliphatic carbocycles. The largest absolute Gasteiger partial charge is 0.491 e. The van der Waals surface area contributed by atoms with Crippen LogP contribution in [0.3, 0.4) is 0 Å². The maximum absolute atomic E-state index is 11.9. The Balaban J connectivity index is 0.00000529. The maximum atomic E-state index is 11.9. The number of nitrogens with two attached hydrogens (primary N) is 1. The van der Waals surface area contributed by atoms with Crippen molar-refractivity contribution >= 4 is 29.9 Å². The van der Waals surface area contributed by atoms with Crippen LogP contribution < -0.4 is 21.1 Å². The Bertz CT molecular complexity index is 526. The van der Waals surface area contributed by atoms with Crippen LogP contribution in [0, 0.1) is 5.92 Å². The van der Waals surface area contributed by atoms with Gasteiger partial charge in [-0.2, -0.15) is 0 Å². The first-order valence-electron chi connectivity index (χ1n) is 7.49. The summed E-state index contributed by atoms with van der Waals surface area (Å²) in [5.41, 5.74) is 6.30. The lowest BCUT2D eigenvalue weighted by molar-refractivity contribution is -0.125. The third-order valence-electron chi connectivity index (χ3n) is 3.12. The number of nitrogens with one attached hydrogen (secondary N) is 2. The van der Waals surface area contributed by atoms with Gasteiger partial charge in [-0.3, -0.25) is 9.59 Å². The van der Waals surface area contributed by atoms with Gasteiger partial charge in [-0.15, -0.1) is 12.4 Å². The van der Waals surface area contributed by atoms with Crippen molar-refractivity contribution < 1.29 is 19.1 Å². The second-order valence-corrected chi connectivity index (χ2v) is 5.40. The molecule has 2 amide bonds. The molecule has 1 aromatic rings. The summed E-state index contributed by atoms with van der Waals surface area (Å²) in [5.74, 6) is -0.0279. The van der Waals surface area contributed by atoms with E-state index in [0.717, 1.165) is 0 Å². The summed E-state index contributed by atoms with van der Waals surface area (Å²) in [6.07, 6.45) is 0. The molecule has 7 nitrogen and oxygen atoms in total. The fraction of sp³-hybridized carbons (Fsp3) is 0.500. The van der Waals surface area contributed by atoms with E-state index in [0.29, 0.717) is 24.7 Å². The first kappa shape index (κ1) is 22.2. The molecule has 0 radical (unpaired) electrons. The van der Waals surface area contributed by atoms with Crippen LogP contribution in [0.2, 0.25) is 0 Å². The SMILES string of the molecule is COCCOc1cccc(NC(=O)CNC(=O)[C@@H](N)C(C)C)c1.Cl. The third kappa shape index (κ3) is 8.14. The van der Waals surface area contributed by atoms with E-state index >= 15 is 0 Å². The summed E-state index contributed by atoms with van der Waals surface area (Å²) >= 11 is 0. The van der Waals surface area contributed by atoms with Crippen LogP contribution in [0.25, 0.3) is 0 Å². The Morgan fingerprint density at radius 2 is 1.96 bits per heavy atom. The second kappa shape index (κ2) is 11.7. The minimum Gasteiger partial charge on any atom is -0.491 e. The van der Waals surface area contributed by atoms with Gasteiger partial charge in [-0.05, 0) is 18.1 Å². The highest BCUT2D eigenvalue weighted by Crippen LogP contribution is 2.17. The van der Waals surface area contributed by atoms with Crippen molar-refractivity contribution in [1.82, 2.24) is 5.32 Å². The van der Waals surface area contributed by atoms with Crippen LogP contribution >= 0.6 is 12.4 Å². The number of amides is 2. The molecule has 0 bridgehead atoms. The van der Waals surface area contributed by atoms with Gasteiger partial charge in [0, 0.05) is 18.9 Å². The highest BCUT2D eigenvalue weighted by molar-refractivity contribution is 5.95. The highest BCUT2D eigenvalue weighted by atomic mass is 35.5. The van der Waals surface area contributed by atoms with E-state index in [9.17, 15) is 9.59 Å². The molecule has 0 unspecified atom stereocenters. The molecule has 8 heteroatoms. The first-order valence-corrected chi connectivity index (χ1v) is 7.49. The molecule has 0 aliphatic heterocycles. The molecule has 1 rings (SSSR count). The van der Waals surface area contributed by atoms with Gasteiger partial charge >= 0.3 is 0 Å². The van der Waals surface area contributed by atoms with Gasteiger partial charge < -0.3 is 25.8 Å². The summed E-state index contributed by atoms with van der Waals surface area (Å²) in [4.78, 5) is 23.5. The average Bonchev–Trinajstić information content (AvgIpc) is 2.52. The van der Waals surface area contributed by atoms with Crippen molar-refractivity contribution in [2.24, 2.45) is 11.7 Å². The molecular formula is C16H26ClN3O4. The second-order valence-electron chi connectivity index (χ2n) is 5.40. The van der Waals surface area contributed by atoms with E-state index in [1.807, 2.05) is 13.8 Å². The summed E-state index contributed by atoms with van der Waals surface area (Å²) in [7, 11) is 1.60. The molecule has 4 N–H and O–H groups in total. The van der Waals surface area contributed by atoms with E-state index in [1.54, 1.807) is 31.4 Å². The number of hydrogen-bond donors (Lipinski definition) is 3. The standard InChI is InChI=1S/C16H25N3O4.ClH/c1-11(2)15(17)16(21)18-10-14(20)19-12-5-4-6-13(9-12)23-8-7-22-3;/h4-6,9,11,15H,7-8,10,17H2,1-3H3,(H,18,21)(H,19,20);1H/t15-;/m0./s1. The van der Waals surface area contributed by atoms with Crippen molar-refractivity contribution in [3.8, 4) is 5.75 Å². The fourth-order valence-electron chi connectivity index (χ4n) is 1.70. The van der Waals surface area contributed by atoms with Crippen LogP contribution in [0.1, 0.15) is 13.8 Å². The maximum Gasteiger partial charge on any atom is 0.243 e. The van der Waals surface area contributed by atoms with Crippen LogP contribution in [0.15, 0.2) is 24.3 Å². The zero-order valence-electron chi connectivity index (χ0n) is 14.2. The molecule has 24 heavy (non-hydrogen) atoms. The topological polar surface area (TPSA) is 103 Å². The summed E-state index contributed by atoms with van der Waals surface area (Å²) < 4.78 is 10.4. The molecule has 0 heterocycles. The molecule has 0 aromatic heterocycles. The minimum atomic E-state index is -0.625. The number of rotatable bonds is 9. The van der Waals surface area contributed by atoms with Gasteiger partial charge in [-0.1, -0.05) is 19.9 Å². The molecule has 1 atom stereocenters. The highest BCUT2D eigenvalue weighted by Gasteiger charge is 2.17. The number of anilines is 1. The van der Waals surface area contributed by atoms with E-state index in [1.165, 1.54) is 0 Å². The molecule has 0 fully saturated rings. The van der Waals surface area contributed by atoms with Crippen molar-refractivity contribution in [1.29, 1.82) is 0 Å². The van der Waals surface area contributed by atoms with Gasteiger partial charge in [0.15, 0.2) is 0 Å². The van der Waals surface area contributed by atoms with E-state index in [-0.39, 0.29) is 36.7 Å². The lowest BCUT2D eigenvalue weighted by Gasteiger charge is -2.15. The Kier molecular flexibility index (Phi) is 10.8. The lowest BCUT2D eigenvalue weighted by Crippen LogP contribution is -2.46. The number of carbonyl (C=O) groups is 2. The zero-order chi connectivity index (χ0) is 17.2. The Morgan fingerprint density at radius 1 is 1.25 bits per heavy atom. The fourth-order valence-corrected chi connectivity index (χ4v) is 1.70. The van der Waals surface area contributed by atoms with Crippen molar-refractivity contribution in [2.45, 2.75) is 19.9 Å². The molecule has 136 valence electrons. The summed E-state index contributed by atoms with van der Waals surface area (Å²) in [6.45, 7) is 4.47. The molecular weight excluding hydrogens is 334 g/mol. The summed E-state index contributed by atoms with van der Waals surface area (Å²) in [6, 6.07) is 6.37. The Morgan fingerprint density at radius 3 is 2.58 bits per heavy atom. The van der Waals surface area contributed by atoms with Crippen molar-refractivity contribution in [2.75, 3.05) is 32.2 Å². The van der Waals surface area contributed by atoms with E-state index in [4.69, 9.17) is 15.2 Å². The number of ether oxygens (including phenoxy) is 2. The predicted molar refractivity (Wildman–Crippen MR) is 95.5 cm³/mol. The average molecular weight is 360 g/mol. The zero-order valence-corrected chi connectivity index (χ0v) is 15.0. The van der Waals surface area contributed by atoms with E-state index < -0.39 is 6.04 Å². The normalized spacial score (nSPS) is 11.4. The number of methoxy groups -OCH3 is 1. The third-order valence-corrected chi connectivity index (χ3v) is 3.12. The first-order chi connectivity index (χ1) is 10.9. The van der Waals surface area contributed by atoms with Gasteiger partial charge in [0.25, 0.3) is 0 Å². The van der Waals surface area contributed by atoms with Crippen molar-refractivity contribution in [3.63, 3.8) is 0 Å². The Hall–Kier alpha value is -1.83.